The minimum absolute atomic E-state index is 0.187. The minimum Gasteiger partial charge on any atom is -0.396 e. The van der Waals surface area contributed by atoms with E-state index >= 15 is 0 Å². The van der Waals surface area contributed by atoms with Crippen LogP contribution in [0.2, 0.25) is 0 Å². The van der Waals surface area contributed by atoms with Gasteiger partial charge in [0.2, 0.25) is 0 Å². The normalized spacial score (nSPS) is 9.11. The van der Waals surface area contributed by atoms with Gasteiger partial charge in [0.1, 0.15) is 0 Å². The second-order valence-corrected chi connectivity index (χ2v) is 1.89. The second kappa shape index (κ2) is 5.50. The number of aliphatic hydroxyl groups is 1. The summed E-state index contributed by atoms with van der Waals surface area (Å²) in [4.78, 5) is 9.71. The van der Waals surface area contributed by atoms with Crippen molar-refractivity contribution in [3.05, 3.63) is 4.91 Å². The molecule has 0 amide bonds. The zero-order valence-electron chi connectivity index (χ0n) is 5.58. The van der Waals surface area contributed by atoms with Gasteiger partial charge in [-0.2, -0.15) is 0 Å². The van der Waals surface area contributed by atoms with Gasteiger partial charge < -0.3 is 5.11 Å². The van der Waals surface area contributed by atoms with Crippen molar-refractivity contribution in [3.63, 3.8) is 0 Å². The molecule has 0 aliphatic rings. The van der Waals surface area contributed by atoms with Gasteiger partial charge in [0.05, 0.1) is 5.29 Å². The molecular weight excluding hydrogens is 120 g/mol. The van der Waals surface area contributed by atoms with E-state index in [9.17, 15) is 4.91 Å². The average Bonchev–Trinajstić information content (AvgIpc) is 1.89. The van der Waals surface area contributed by atoms with E-state index in [4.69, 9.17) is 5.11 Å². The van der Waals surface area contributed by atoms with E-state index in [-0.39, 0.29) is 6.61 Å². The van der Waals surface area contributed by atoms with Gasteiger partial charge in [-0.25, -0.2) is 0 Å². The van der Waals surface area contributed by atoms with Crippen LogP contribution in [-0.2, 0) is 0 Å². The summed E-state index contributed by atoms with van der Waals surface area (Å²) in [6.45, 7) is 0.816. The fourth-order valence-corrected chi connectivity index (χ4v) is 0.493. The molecule has 0 radical (unpaired) electrons. The average molecular weight is 132 g/mol. The largest absolute Gasteiger partial charge is 0.396 e. The van der Waals surface area contributed by atoms with Crippen LogP contribution < -0.4 is 0 Å². The summed E-state index contributed by atoms with van der Waals surface area (Å²) in [6.07, 6.45) is 1.55. The van der Waals surface area contributed by atoms with Crippen molar-refractivity contribution < 1.29 is 5.11 Å². The summed E-state index contributed by atoms with van der Waals surface area (Å²) in [5, 5.41) is 12.3. The molecule has 0 saturated heterocycles. The van der Waals surface area contributed by atoms with E-state index in [2.05, 4.69) is 5.29 Å². The van der Waals surface area contributed by atoms with E-state index in [0.717, 1.165) is 12.8 Å². The van der Waals surface area contributed by atoms with E-state index in [0.29, 0.717) is 6.54 Å². The molecule has 0 spiro atoms. The predicted molar refractivity (Wildman–Crippen MR) is 34.7 cm³/mol. The molecule has 0 aromatic carbocycles. The smallest absolute Gasteiger partial charge is 0.0521 e. The van der Waals surface area contributed by atoms with Crippen molar-refractivity contribution in [1.29, 1.82) is 0 Å². The lowest BCUT2D eigenvalue weighted by Gasteiger charge is -2.05. The Balaban J connectivity index is 2.96. The van der Waals surface area contributed by atoms with Gasteiger partial charge in [-0.05, 0) is 12.8 Å². The second-order valence-electron chi connectivity index (χ2n) is 1.89. The van der Waals surface area contributed by atoms with Crippen molar-refractivity contribution in [2.75, 3.05) is 20.2 Å². The van der Waals surface area contributed by atoms with Crippen LogP contribution in [0.5, 0.6) is 0 Å². The van der Waals surface area contributed by atoms with Gasteiger partial charge in [0, 0.05) is 20.2 Å². The Labute approximate surface area is 54.4 Å². The molecule has 0 fully saturated rings. The van der Waals surface area contributed by atoms with E-state index in [1.54, 1.807) is 7.05 Å². The third-order valence-electron chi connectivity index (χ3n) is 1.03. The lowest BCUT2D eigenvalue weighted by molar-refractivity contribution is 0.266. The number of rotatable bonds is 5. The quantitative estimate of drug-likeness (QED) is 0.334. The summed E-state index contributed by atoms with van der Waals surface area (Å²) in [5.41, 5.74) is 0. The highest BCUT2D eigenvalue weighted by atomic mass is 16.3. The molecule has 0 heterocycles. The Kier molecular flexibility index (Phi) is 5.11. The highest BCUT2D eigenvalue weighted by molar-refractivity contribution is 4.43. The molecule has 9 heavy (non-hydrogen) atoms. The third kappa shape index (κ3) is 5.23. The van der Waals surface area contributed by atoms with Crippen LogP contribution in [0, 0.1) is 4.91 Å². The first-order valence-electron chi connectivity index (χ1n) is 2.96. The van der Waals surface area contributed by atoms with Crippen LogP contribution >= 0.6 is 0 Å². The fourth-order valence-electron chi connectivity index (χ4n) is 0.493. The van der Waals surface area contributed by atoms with Crippen molar-refractivity contribution in [1.82, 2.24) is 5.01 Å². The summed E-state index contributed by atoms with van der Waals surface area (Å²) in [5.74, 6) is 0. The van der Waals surface area contributed by atoms with Gasteiger partial charge in [-0.15, -0.1) is 4.91 Å². The maximum absolute atomic E-state index is 9.71. The Hall–Kier alpha value is -0.640. The minimum atomic E-state index is 0.187. The molecule has 0 aliphatic carbocycles. The zero-order chi connectivity index (χ0) is 7.11. The monoisotopic (exact) mass is 132 g/mol. The zero-order valence-corrected chi connectivity index (χ0v) is 5.58. The molecule has 4 heteroatoms. The van der Waals surface area contributed by atoms with Crippen LogP contribution in [0.15, 0.2) is 5.29 Å². The van der Waals surface area contributed by atoms with Crippen molar-refractivity contribution in [2.24, 2.45) is 5.29 Å². The highest BCUT2D eigenvalue weighted by Gasteiger charge is 1.91. The summed E-state index contributed by atoms with van der Waals surface area (Å²) < 4.78 is 0. The topological polar surface area (TPSA) is 52.9 Å². The van der Waals surface area contributed by atoms with Crippen LogP contribution in [0.25, 0.3) is 0 Å². The predicted octanol–water partition coefficient (Wildman–Crippen LogP) is 0.372. The molecule has 0 unspecified atom stereocenters. The number of hydrogen-bond donors (Lipinski definition) is 1. The third-order valence-corrected chi connectivity index (χ3v) is 1.03. The van der Waals surface area contributed by atoms with Crippen LogP contribution in [0.1, 0.15) is 12.8 Å². The number of nitrogens with zero attached hydrogens (tertiary/aromatic N) is 2. The lowest BCUT2D eigenvalue weighted by atomic mass is 10.3. The number of unbranched alkanes of at least 4 members (excludes halogenated alkanes) is 1. The van der Waals surface area contributed by atoms with Crippen molar-refractivity contribution >= 4 is 0 Å². The molecule has 0 aromatic rings. The highest BCUT2D eigenvalue weighted by Crippen LogP contribution is 1.90. The van der Waals surface area contributed by atoms with Gasteiger partial charge in [-0.1, -0.05) is 0 Å². The van der Waals surface area contributed by atoms with E-state index < -0.39 is 0 Å². The first-order valence-corrected chi connectivity index (χ1v) is 2.96. The maximum Gasteiger partial charge on any atom is 0.0521 e. The number of aliphatic hydroxyl groups excluding tert-OH is 1. The molecule has 1 N–H and O–H groups in total. The molecule has 4 nitrogen and oxygen atoms in total. The molecule has 0 aliphatic heterocycles. The maximum atomic E-state index is 9.71. The first-order chi connectivity index (χ1) is 4.31. The SMILES string of the molecule is CN(CCCCO)N=O. The van der Waals surface area contributed by atoms with E-state index in [1.807, 2.05) is 0 Å². The summed E-state index contributed by atoms with van der Waals surface area (Å²) in [6, 6.07) is 0. The molecular formula is C5H12N2O2. The molecule has 0 atom stereocenters. The summed E-state index contributed by atoms with van der Waals surface area (Å²) in [7, 11) is 1.62. The molecule has 0 saturated carbocycles. The standard InChI is InChI=1S/C5H12N2O2/c1-7(6-9)4-2-3-5-8/h8H,2-5H2,1H3. The Bertz CT molecular complexity index is 77.4. The van der Waals surface area contributed by atoms with Crippen molar-refractivity contribution in [2.45, 2.75) is 12.8 Å². The number of nitroso groups, excluding NO2 is 1. The van der Waals surface area contributed by atoms with Crippen LogP contribution in [0.4, 0.5) is 0 Å². The summed E-state index contributed by atoms with van der Waals surface area (Å²) >= 11 is 0. The first kappa shape index (κ1) is 8.36. The molecule has 0 aromatic heterocycles. The van der Waals surface area contributed by atoms with Crippen LogP contribution in [-0.4, -0.2) is 30.3 Å². The molecule has 54 valence electrons. The van der Waals surface area contributed by atoms with Crippen LogP contribution in [0.3, 0.4) is 0 Å². The molecule has 0 bridgehead atoms. The fraction of sp³-hybridized carbons (Fsp3) is 1.00. The van der Waals surface area contributed by atoms with Gasteiger partial charge in [0.15, 0.2) is 0 Å². The van der Waals surface area contributed by atoms with E-state index in [1.165, 1.54) is 5.01 Å². The van der Waals surface area contributed by atoms with Crippen molar-refractivity contribution in [3.8, 4) is 0 Å². The van der Waals surface area contributed by atoms with Gasteiger partial charge in [-0.3, -0.25) is 5.01 Å². The van der Waals surface area contributed by atoms with Gasteiger partial charge >= 0.3 is 0 Å². The Morgan fingerprint density at radius 2 is 2.22 bits per heavy atom. The Morgan fingerprint density at radius 1 is 1.56 bits per heavy atom. The molecule has 0 rings (SSSR count). The van der Waals surface area contributed by atoms with Gasteiger partial charge in [0.25, 0.3) is 0 Å². The lowest BCUT2D eigenvalue weighted by Crippen LogP contribution is -2.11. The number of hydrogen-bond acceptors (Lipinski definition) is 3. The Morgan fingerprint density at radius 3 is 2.67 bits per heavy atom.